The lowest BCUT2D eigenvalue weighted by molar-refractivity contribution is 1.21. The lowest BCUT2D eigenvalue weighted by atomic mass is 9.96. The molecule has 2 aliphatic rings. The Balaban J connectivity index is 1.45. The highest BCUT2D eigenvalue weighted by molar-refractivity contribution is 6.13. The average Bonchev–Trinajstić information content (AvgIpc) is 3.51. The first-order valence-corrected chi connectivity index (χ1v) is 10.7. The summed E-state index contributed by atoms with van der Waals surface area (Å²) in [4.78, 5) is 9.12. The topological polar surface area (TPSA) is 30.2 Å². The minimum absolute atomic E-state index is 0.988. The minimum atomic E-state index is 0.988. The number of pyridine rings is 2. The van der Waals surface area contributed by atoms with Crippen LogP contribution >= 0.6 is 0 Å². The SMILES string of the molecule is c1ccc2c(c1)Cc1cc3c(cc1-2)-c1cc2c4cnccc4n4ccnc4c2cc1C3. The molecule has 0 atom stereocenters. The van der Waals surface area contributed by atoms with E-state index in [2.05, 4.69) is 69.0 Å². The van der Waals surface area contributed by atoms with E-state index < -0.39 is 0 Å². The predicted octanol–water partition coefficient (Wildman–Crippen LogP) is 6.18. The van der Waals surface area contributed by atoms with E-state index in [1.165, 1.54) is 60.7 Å². The number of hydrogen-bond donors (Lipinski definition) is 0. The van der Waals surface area contributed by atoms with Crippen LogP contribution in [0, 0.1) is 0 Å². The van der Waals surface area contributed by atoms with Crippen molar-refractivity contribution in [1.29, 1.82) is 0 Å². The molecular weight excluding hydrogens is 378 g/mol. The van der Waals surface area contributed by atoms with Crippen LogP contribution in [0.5, 0.6) is 0 Å². The molecule has 31 heavy (non-hydrogen) atoms. The Labute approximate surface area is 178 Å². The Hall–Kier alpha value is -3.98. The van der Waals surface area contributed by atoms with Gasteiger partial charge in [0.15, 0.2) is 0 Å². The van der Waals surface area contributed by atoms with Crippen LogP contribution in [0.4, 0.5) is 0 Å². The smallest absolute Gasteiger partial charge is 0.145 e. The molecule has 0 bridgehead atoms. The molecule has 3 heteroatoms. The van der Waals surface area contributed by atoms with Crippen molar-refractivity contribution in [2.45, 2.75) is 12.8 Å². The van der Waals surface area contributed by atoms with Gasteiger partial charge < -0.3 is 0 Å². The van der Waals surface area contributed by atoms with Crippen molar-refractivity contribution in [2.24, 2.45) is 0 Å². The first kappa shape index (κ1) is 15.8. The Bertz CT molecular complexity index is 1740. The fourth-order valence-corrected chi connectivity index (χ4v) is 5.79. The van der Waals surface area contributed by atoms with Gasteiger partial charge in [-0.1, -0.05) is 30.3 Å². The van der Waals surface area contributed by atoms with Gasteiger partial charge in [0.2, 0.25) is 0 Å². The Morgan fingerprint density at radius 2 is 1.45 bits per heavy atom. The van der Waals surface area contributed by atoms with Gasteiger partial charge in [-0.3, -0.25) is 9.38 Å². The van der Waals surface area contributed by atoms with Crippen LogP contribution in [0.25, 0.3) is 49.6 Å². The third-order valence-corrected chi connectivity index (χ3v) is 7.16. The second kappa shape index (κ2) is 5.38. The number of rotatable bonds is 0. The number of aromatic nitrogens is 3. The third-order valence-electron chi connectivity index (χ3n) is 7.16. The summed E-state index contributed by atoms with van der Waals surface area (Å²) in [6, 6.07) is 20.5. The van der Waals surface area contributed by atoms with Gasteiger partial charge in [-0.25, -0.2) is 4.98 Å². The summed E-state index contributed by atoms with van der Waals surface area (Å²) in [5.74, 6) is 0. The zero-order valence-corrected chi connectivity index (χ0v) is 16.8. The van der Waals surface area contributed by atoms with Gasteiger partial charge in [0.05, 0.1) is 5.52 Å². The molecule has 0 aliphatic heterocycles. The zero-order chi connectivity index (χ0) is 20.1. The van der Waals surface area contributed by atoms with Crippen LogP contribution in [0.15, 0.2) is 79.4 Å². The maximum Gasteiger partial charge on any atom is 0.145 e. The van der Waals surface area contributed by atoms with Gasteiger partial charge >= 0.3 is 0 Å². The molecule has 8 rings (SSSR count). The highest BCUT2D eigenvalue weighted by Crippen LogP contribution is 2.46. The second-order valence-corrected chi connectivity index (χ2v) is 8.75. The quantitative estimate of drug-likeness (QED) is 0.287. The molecule has 2 aliphatic carbocycles. The first-order chi connectivity index (χ1) is 15.3. The van der Waals surface area contributed by atoms with Crippen molar-refractivity contribution in [2.75, 3.05) is 0 Å². The van der Waals surface area contributed by atoms with E-state index in [1.54, 1.807) is 0 Å². The van der Waals surface area contributed by atoms with E-state index in [0.29, 0.717) is 0 Å². The highest BCUT2D eigenvalue weighted by atomic mass is 15.0. The van der Waals surface area contributed by atoms with Gasteiger partial charge in [-0.2, -0.15) is 0 Å². The molecule has 0 radical (unpaired) electrons. The van der Waals surface area contributed by atoms with Crippen molar-refractivity contribution in [1.82, 2.24) is 14.4 Å². The Morgan fingerprint density at radius 1 is 0.645 bits per heavy atom. The third kappa shape index (κ3) is 1.94. The lowest BCUT2D eigenvalue weighted by Gasteiger charge is -2.11. The van der Waals surface area contributed by atoms with E-state index in [1.807, 2.05) is 24.8 Å². The summed E-state index contributed by atoms with van der Waals surface area (Å²) in [6.07, 6.45) is 9.80. The molecule has 0 N–H and O–H groups in total. The van der Waals surface area contributed by atoms with E-state index >= 15 is 0 Å². The monoisotopic (exact) mass is 395 g/mol. The highest BCUT2D eigenvalue weighted by Gasteiger charge is 2.26. The Kier molecular flexibility index (Phi) is 2.74. The number of benzene rings is 3. The van der Waals surface area contributed by atoms with Crippen LogP contribution in [-0.2, 0) is 12.8 Å². The largest absolute Gasteiger partial charge is 0.299 e. The summed E-state index contributed by atoms with van der Waals surface area (Å²) >= 11 is 0. The average molecular weight is 395 g/mol. The molecule has 0 fully saturated rings. The van der Waals surface area contributed by atoms with E-state index in [-0.39, 0.29) is 0 Å². The van der Waals surface area contributed by atoms with Gasteiger partial charge in [-0.05, 0) is 87.0 Å². The van der Waals surface area contributed by atoms with Crippen molar-refractivity contribution in [3.05, 3.63) is 102 Å². The van der Waals surface area contributed by atoms with Crippen LogP contribution < -0.4 is 0 Å². The minimum Gasteiger partial charge on any atom is -0.299 e. The molecule has 3 aromatic heterocycles. The van der Waals surface area contributed by atoms with Crippen molar-refractivity contribution >= 4 is 27.3 Å². The number of fused-ring (bicyclic) bond motifs is 12. The predicted molar refractivity (Wildman–Crippen MR) is 124 cm³/mol. The molecule has 3 nitrogen and oxygen atoms in total. The second-order valence-electron chi connectivity index (χ2n) is 8.75. The van der Waals surface area contributed by atoms with Crippen LogP contribution in [0.1, 0.15) is 22.3 Å². The van der Waals surface area contributed by atoms with Gasteiger partial charge in [0.25, 0.3) is 0 Å². The summed E-state index contributed by atoms with van der Waals surface area (Å²) in [6.45, 7) is 0. The fourth-order valence-electron chi connectivity index (χ4n) is 5.79. The van der Waals surface area contributed by atoms with Crippen molar-refractivity contribution in [3.63, 3.8) is 0 Å². The first-order valence-electron chi connectivity index (χ1n) is 10.7. The van der Waals surface area contributed by atoms with Gasteiger partial charge in [0, 0.05) is 35.6 Å². The summed E-state index contributed by atoms with van der Waals surface area (Å²) < 4.78 is 2.18. The fraction of sp³-hybridized carbons (Fsp3) is 0.0714. The number of nitrogens with zero attached hydrogens (tertiary/aromatic N) is 3. The zero-order valence-electron chi connectivity index (χ0n) is 16.8. The molecule has 0 spiro atoms. The maximum absolute atomic E-state index is 4.69. The Morgan fingerprint density at radius 3 is 2.42 bits per heavy atom. The molecule has 0 saturated carbocycles. The van der Waals surface area contributed by atoms with E-state index in [0.717, 1.165) is 24.0 Å². The van der Waals surface area contributed by atoms with E-state index in [9.17, 15) is 0 Å². The normalized spacial score (nSPS) is 13.5. The molecule has 3 heterocycles. The standard InChI is InChI=1S/C28H17N3/c1-2-4-20-16(3-1)9-17-10-18-11-19-12-25-24(14-23(19)22(18)13-21(17)20)26-15-29-6-5-27(26)31-8-7-30-28(25)31/h1-8,10,12-15H,9,11H2. The van der Waals surface area contributed by atoms with Gasteiger partial charge in [-0.15, -0.1) is 0 Å². The number of imidazole rings is 1. The van der Waals surface area contributed by atoms with Crippen LogP contribution in [-0.4, -0.2) is 14.4 Å². The van der Waals surface area contributed by atoms with E-state index in [4.69, 9.17) is 0 Å². The lowest BCUT2D eigenvalue weighted by Crippen LogP contribution is -1.92. The molecule has 0 saturated heterocycles. The van der Waals surface area contributed by atoms with Gasteiger partial charge in [0.1, 0.15) is 5.65 Å². The molecule has 0 unspecified atom stereocenters. The molecule has 6 aromatic rings. The number of hydrogen-bond acceptors (Lipinski definition) is 2. The molecular formula is C28H17N3. The summed E-state index contributed by atoms with van der Waals surface area (Å²) in [7, 11) is 0. The van der Waals surface area contributed by atoms with Crippen molar-refractivity contribution in [3.8, 4) is 22.3 Å². The maximum atomic E-state index is 4.69. The van der Waals surface area contributed by atoms with Crippen molar-refractivity contribution < 1.29 is 0 Å². The van der Waals surface area contributed by atoms with Crippen LogP contribution in [0.2, 0.25) is 0 Å². The van der Waals surface area contributed by atoms with Crippen LogP contribution in [0.3, 0.4) is 0 Å². The molecule has 0 amide bonds. The molecule has 144 valence electrons. The molecule has 3 aromatic carbocycles. The summed E-state index contributed by atoms with van der Waals surface area (Å²) in [5, 5.41) is 3.61. The summed E-state index contributed by atoms with van der Waals surface area (Å²) in [5.41, 5.74) is 13.4.